The number of carbonyl (C=O) groups excluding carboxylic acids is 1. The number of Topliss-reactive ketones (excluding diaryl/α,β-unsaturated/α-hetero) is 1. The van der Waals surface area contributed by atoms with E-state index in [1.54, 1.807) is 69.7 Å². The molecule has 8 nitrogen and oxygen atoms in total. The highest BCUT2D eigenvalue weighted by molar-refractivity contribution is 9.10. The van der Waals surface area contributed by atoms with Gasteiger partial charge < -0.3 is 23.0 Å². The average molecular weight is 513 g/mol. The zero-order chi connectivity index (χ0) is 23.5. The van der Waals surface area contributed by atoms with Gasteiger partial charge in [-0.3, -0.25) is 4.79 Å². The zero-order valence-corrected chi connectivity index (χ0v) is 20.0. The Balaban J connectivity index is 1.59. The van der Waals surface area contributed by atoms with Crippen molar-refractivity contribution in [1.29, 1.82) is 0 Å². The first-order valence-electron chi connectivity index (χ1n) is 9.94. The molecule has 2 heterocycles. The SMILES string of the molecule is COc1cc(-c2ccc(C(=O)C(OC)c3ccc(-c4nnc(C)o4)cc3)o2)cc(OC)c1Br. The number of halogens is 1. The summed E-state index contributed by atoms with van der Waals surface area (Å²) >= 11 is 3.45. The molecule has 0 saturated heterocycles. The van der Waals surface area contributed by atoms with Crippen molar-refractivity contribution in [3.05, 3.63) is 70.2 Å². The van der Waals surface area contributed by atoms with Crippen LogP contribution in [-0.4, -0.2) is 37.3 Å². The van der Waals surface area contributed by atoms with Crippen LogP contribution in [0.1, 0.15) is 28.1 Å². The number of aryl methyl sites for hydroxylation is 1. The van der Waals surface area contributed by atoms with Crippen molar-refractivity contribution in [2.24, 2.45) is 0 Å². The molecular weight excluding hydrogens is 492 g/mol. The molecule has 2 aromatic heterocycles. The number of aromatic nitrogens is 2. The van der Waals surface area contributed by atoms with Crippen molar-refractivity contribution in [3.8, 4) is 34.3 Å². The number of hydrogen-bond donors (Lipinski definition) is 0. The summed E-state index contributed by atoms with van der Waals surface area (Å²) in [5.74, 6) is 2.43. The van der Waals surface area contributed by atoms with Crippen molar-refractivity contribution in [2.45, 2.75) is 13.0 Å². The molecule has 4 aromatic rings. The Kier molecular flexibility index (Phi) is 6.62. The first-order valence-corrected chi connectivity index (χ1v) is 10.7. The third kappa shape index (κ3) is 4.55. The highest BCUT2D eigenvalue weighted by Crippen LogP contribution is 2.39. The van der Waals surface area contributed by atoms with Crippen molar-refractivity contribution >= 4 is 21.7 Å². The lowest BCUT2D eigenvalue weighted by atomic mass is 10.0. The van der Waals surface area contributed by atoms with Crippen LogP contribution in [0.25, 0.3) is 22.8 Å². The maximum Gasteiger partial charge on any atom is 0.247 e. The molecule has 1 unspecified atom stereocenters. The number of nitrogens with zero attached hydrogens (tertiary/aromatic N) is 2. The molecule has 0 bridgehead atoms. The predicted molar refractivity (Wildman–Crippen MR) is 123 cm³/mol. The first-order chi connectivity index (χ1) is 15.9. The molecule has 0 aliphatic carbocycles. The number of ether oxygens (including phenoxy) is 3. The maximum atomic E-state index is 13.2. The van der Waals surface area contributed by atoms with E-state index >= 15 is 0 Å². The predicted octanol–water partition coefficient (Wildman–Crippen LogP) is 5.66. The Labute approximate surface area is 198 Å². The fraction of sp³-hybridized carbons (Fsp3) is 0.208. The summed E-state index contributed by atoms with van der Waals surface area (Å²) in [7, 11) is 4.61. The maximum absolute atomic E-state index is 13.2. The summed E-state index contributed by atoms with van der Waals surface area (Å²) in [5, 5.41) is 7.84. The Bertz CT molecular complexity index is 1250. The van der Waals surface area contributed by atoms with Gasteiger partial charge in [0, 0.05) is 25.2 Å². The number of rotatable bonds is 8. The summed E-state index contributed by atoms with van der Waals surface area (Å²) in [4.78, 5) is 13.2. The van der Waals surface area contributed by atoms with E-state index in [2.05, 4.69) is 26.1 Å². The molecule has 0 amide bonds. The summed E-state index contributed by atoms with van der Waals surface area (Å²) in [6.07, 6.45) is -0.837. The number of ketones is 1. The molecule has 0 aliphatic heterocycles. The molecule has 9 heteroatoms. The molecule has 1 atom stereocenters. The molecule has 0 fully saturated rings. The van der Waals surface area contributed by atoms with E-state index < -0.39 is 6.10 Å². The van der Waals surface area contributed by atoms with Crippen LogP contribution in [-0.2, 0) is 4.74 Å². The van der Waals surface area contributed by atoms with Crippen molar-refractivity contribution in [1.82, 2.24) is 10.2 Å². The van der Waals surface area contributed by atoms with Crippen LogP contribution < -0.4 is 9.47 Å². The van der Waals surface area contributed by atoms with E-state index in [4.69, 9.17) is 23.0 Å². The van der Waals surface area contributed by atoms with E-state index in [0.29, 0.717) is 44.6 Å². The number of carbonyl (C=O) groups is 1. The molecule has 0 saturated carbocycles. The fourth-order valence-corrected chi connectivity index (χ4v) is 3.93. The van der Waals surface area contributed by atoms with Gasteiger partial charge >= 0.3 is 0 Å². The zero-order valence-electron chi connectivity index (χ0n) is 18.4. The van der Waals surface area contributed by atoms with Crippen LogP contribution in [0.3, 0.4) is 0 Å². The largest absolute Gasteiger partial charge is 0.495 e. The van der Waals surface area contributed by atoms with Gasteiger partial charge in [0.25, 0.3) is 0 Å². The Morgan fingerprint density at radius 3 is 2.12 bits per heavy atom. The molecule has 4 rings (SSSR count). The lowest BCUT2D eigenvalue weighted by Crippen LogP contribution is -2.14. The lowest BCUT2D eigenvalue weighted by molar-refractivity contribution is 0.0577. The monoisotopic (exact) mass is 512 g/mol. The number of methoxy groups -OCH3 is 3. The van der Waals surface area contributed by atoms with Gasteiger partial charge in [-0.1, -0.05) is 12.1 Å². The van der Waals surface area contributed by atoms with Crippen molar-refractivity contribution < 1.29 is 27.8 Å². The molecule has 2 aromatic carbocycles. The van der Waals surface area contributed by atoms with Crippen molar-refractivity contribution in [2.75, 3.05) is 21.3 Å². The van der Waals surface area contributed by atoms with Crippen LogP contribution in [0.15, 0.2) is 61.8 Å². The van der Waals surface area contributed by atoms with Gasteiger partial charge in [-0.15, -0.1) is 10.2 Å². The smallest absolute Gasteiger partial charge is 0.247 e. The summed E-state index contributed by atoms with van der Waals surface area (Å²) < 4.78 is 28.3. The van der Waals surface area contributed by atoms with Gasteiger partial charge in [0.1, 0.15) is 27.8 Å². The van der Waals surface area contributed by atoms with Crippen molar-refractivity contribution in [3.63, 3.8) is 0 Å². The molecule has 33 heavy (non-hydrogen) atoms. The molecule has 0 aliphatic rings. The van der Waals surface area contributed by atoms with Crippen LogP contribution in [0.2, 0.25) is 0 Å². The summed E-state index contributed by atoms with van der Waals surface area (Å²) in [6.45, 7) is 1.72. The molecule has 0 radical (unpaired) electrons. The fourth-order valence-electron chi connectivity index (χ4n) is 3.37. The van der Waals surface area contributed by atoms with Gasteiger partial charge in [0.2, 0.25) is 17.6 Å². The summed E-state index contributed by atoms with van der Waals surface area (Å²) in [5.41, 5.74) is 2.13. The molecular formula is C24H21BrN2O6. The van der Waals surface area contributed by atoms with Gasteiger partial charge in [0.15, 0.2) is 5.76 Å². The highest BCUT2D eigenvalue weighted by atomic mass is 79.9. The van der Waals surface area contributed by atoms with E-state index in [9.17, 15) is 4.79 Å². The first kappa shape index (κ1) is 22.8. The number of furan rings is 1. The minimum absolute atomic E-state index is 0.175. The molecule has 170 valence electrons. The summed E-state index contributed by atoms with van der Waals surface area (Å²) in [6, 6.07) is 14.1. The van der Waals surface area contributed by atoms with Crippen LogP contribution in [0.5, 0.6) is 11.5 Å². The number of hydrogen-bond acceptors (Lipinski definition) is 8. The topological polar surface area (TPSA) is 96.8 Å². The number of benzene rings is 2. The van der Waals surface area contributed by atoms with E-state index in [1.165, 1.54) is 7.11 Å². The van der Waals surface area contributed by atoms with Crippen LogP contribution in [0, 0.1) is 6.92 Å². The molecule has 0 N–H and O–H groups in total. The van der Waals surface area contributed by atoms with Crippen LogP contribution >= 0.6 is 15.9 Å². The highest BCUT2D eigenvalue weighted by Gasteiger charge is 2.25. The third-order valence-corrected chi connectivity index (χ3v) is 5.82. The normalized spacial score (nSPS) is 11.9. The van der Waals surface area contributed by atoms with Gasteiger partial charge in [-0.05, 0) is 57.9 Å². The Morgan fingerprint density at radius 1 is 0.909 bits per heavy atom. The lowest BCUT2D eigenvalue weighted by Gasteiger charge is -2.13. The second-order valence-electron chi connectivity index (χ2n) is 7.09. The van der Waals surface area contributed by atoms with E-state index in [0.717, 1.165) is 5.56 Å². The minimum atomic E-state index is -0.837. The van der Waals surface area contributed by atoms with Gasteiger partial charge in [-0.25, -0.2) is 0 Å². The second kappa shape index (κ2) is 9.60. The van der Waals surface area contributed by atoms with Gasteiger partial charge in [-0.2, -0.15) is 0 Å². The third-order valence-electron chi connectivity index (χ3n) is 5.04. The molecule has 0 spiro atoms. The Hall–Kier alpha value is -3.43. The minimum Gasteiger partial charge on any atom is -0.495 e. The van der Waals surface area contributed by atoms with Crippen LogP contribution in [0.4, 0.5) is 0 Å². The van der Waals surface area contributed by atoms with Gasteiger partial charge in [0.05, 0.1) is 14.2 Å². The second-order valence-corrected chi connectivity index (χ2v) is 7.88. The Morgan fingerprint density at radius 2 is 1.58 bits per heavy atom. The standard InChI is InChI=1S/C24H21BrN2O6/c1-13-26-27-24(32-13)15-7-5-14(6-8-15)23(31-4)22(28)18-10-9-17(33-18)16-11-19(29-2)21(25)20(12-16)30-3/h5-12,23H,1-4H3. The average Bonchev–Trinajstić information content (AvgIpc) is 3.50. The quantitative estimate of drug-likeness (QED) is 0.279. The van der Waals surface area contributed by atoms with E-state index in [-0.39, 0.29) is 11.5 Å². The van der Waals surface area contributed by atoms with E-state index in [1.807, 2.05) is 0 Å².